The quantitative estimate of drug-likeness (QED) is 0.122. The molecule has 1 aromatic heterocycles. The normalized spacial score (nSPS) is 19.9. The number of ether oxygens (including phenoxy) is 2. The van der Waals surface area contributed by atoms with Crippen molar-refractivity contribution in [1.82, 2.24) is 19.8 Å². The van der Waals surface area contributed by atoms with Crippen molar-refractivity contribution >= 4 is 36.1 Å². The number of hydrogen-bond acceptors (Lipinski definition) is 5. The lowest BCUT2D eigenvalue weighted by molar-refractivity contribution is -0.265. The van der Waals surface area contributed by atoms with E-state index in [2.05, 4.69) is 25.0 Å². The first-order chi connectivity index (χ1) is 21.5. The fourth-order valence-corrected chi connectivity index (χ4v) is 6.77. The van der Waals surface area contributed by atoms with Crippen LogP contribution < -0.4 is 10.5 Å². The largest absolute Gasteiger partial charge is 0.416 e. The van der Waals surface area contributed by atoms with Gasteiger partial charge in [-0.05, 0) is 76.6 Å². The Morgan fingerprint density at radius 3 is 2.40 bits per heavy atom. The van der Waals surface area contributed by atoms with Crippen LogP contribution in [0.4, 0.5) is 26.7 Å². The van der Waals surface area contributed by atoms with E-state index in [0.29, 0.717) is 29.0 Å². The standard InChI is InChI=1S/C31H48F5N5O4SSi/c1-28(2,46(37)43)15-22(16-45-29(3,4)31(34,35)36)26-39-23-14-21(10-11-24(23)41(26)19-44-12-13-47(5,6)7)25(20-8-9-20)40-18-30(32,33)17-38-27(40)42/h10-11,14,20,22,25H,8-9,12-13,15-19,37H2,1-7H3,(H,38,42)/t22-,25+,46?/m0/s1. The average molecular weight is 710 g/mol. The summed E-state index contributed by atoms with van der Waals surface area (Å²) in [6, 6.07) is 5.05. The number of imidazole rings is 1. The van der Waals surface area contributed by atoms with Crippen LogP contribution >= 0.6 is 0 Å². The van der Waals surface area contributed by atoms with Gasteiger partial charge in [0.25, 0.3) is 5.92 Å². The SMILES string of the molecule is CC(C)(C[C@@H](COC(C)(C)C(F)(F)F)c1nc2cc([C@@H](C3CC3)N3CC(F)(F)CNC3=O)ccc2n1COCC[Si](C)(C)C)S(N)=O. The van der Waals surface area contributed by atoms with Crippen LogP contribution in [0.5, 0.6) is 0 Å². The molecule has 3 N–H and O–H groups in total. The summed E-state index contributed by atoms with van der Waals surface area (Å²) in [6.07, 6.45) is -3.00. The molecule has 0 spiro atoms. The molecular formula is C31H48F5N5O4SSi. The van der Waals surface area contributed by atoms with E-state index >= 15 is 0 Å². The van der Waals surface area contributed by atoms with Crippen LogP contribution in [0.2, 0.25) is 25.7 Å². The highest BCUT2D eigenvalue weighted by Gasteiger charge is 2.49. The second kappa shape index (κ2) is 13.6. The minimum absolute atomic E-state index is 0.00429. The molecular weight excluding hydrogens is 662 g/mol. The molecule has 47 heavy (non-hydrogen) atoms. The van der Waals surface area contributed by atoms with Crippen LogP contribution in [-0.2, 0) is 27.2 Å². The van der Waals surface area contributed by atoms with Crippen molar-refractivity contribution in [3.63, 3.8) is 0 Å². The number of halogens is 5. The summed E-state index contributed by atoms with van der Waals surface area (Å²) in [5.41, 5.74) is -0.749. The summed E-state index contributed by atoms with van der Waals surface area (Å²) in [6.45, 7) is 10.6. The van der Waals surface area contributed by atoms with Crippen LogP contribution in [-0.4, -0.2) is 81.5 Å². The zero-order valence-electron chi connectivity index (χ0n) is 28.2. The molecule has 1 unspecified atom stereocenters. The zero-order valence-corrected chi connectivity index (χ0v) is 30.0. The highest BCUT2D eigenvalue weighted by atomic mass is 32.2. The second-order valence-corrected chi connectivity index (χ2v) is 22.5. The van der Waals surface area contributed by atoms with Gasteiger partial charge in [0.05, 0.1) is 52.5 Å². The van der Waals surface area contributed by atoms with E-state index < -0.39 is 79.2 Å². The molecule has 1 aromatic carbocycles. The molecule has 3 atom stereocenters. The van der Waals surface area contributed by atoms with Gasteiger partial charge < -0.3 is 24.3 Å². The van der Waals surface area contributed by atoms with Crippen molar-refractivity contribution in [3.05, 3.63) is 29.6 Å². The van der Waals surface area contributed by atoms with E-state index in [0.717, 1.165) is 32.7 Å². The third kappa shape index (κ3) is 9.31. The number of nitrogens with two attached hydrogens (primary N) is 1. The zero-order chi connectivity index (χ0) is 35.2. The van der Waals surface area contributed by atoms with Crippen molar-refractivity contribution in [1.29, 1.82) is 0 Å². The molecule has 9 nitrogen and oxygen atoms in total. The number of hydrogen-bond donors (Lipinski definition) is 2. The molecule has 266 valence electrons. The van der Waals surface area contributed by atoms with Crippen LogP contribution in [0.15, 0.2) is 18.2 Å². The highest BCUT2D eigenvalue weighted by molar-refractivity contribution is 7.84. The van der Waals surface area contributed by atoms with E-state index in [1.807, 2.05) is 0 Å². The summed E-state index contributed by atoms with van der Waals surface area (Å²) in [7, 11) is -3.26. The highest BCUT2D eigenvalue weighted by Crippen LogP contribution is 2.46. The maximum Gasteiger partial charge on any atom is 0.416 e. The number of fused-ring (bicyclic) bond motifs is 1. The second-order valence-electron chi connectivity index (χ2n) is 15.2. The smallest absolute Gasteiger partial charge is 0.365 e. The molecule has 0 bridgehead atoms. The Labute approximate surface area is 276 Å². The third-order valence-corrected chi connectivity index (χ3v) is 11.9. The van der Waals surface area contributed by atoms with Crippen molar-refractivity contribution < 1.29 is 40.4 Å². The minimum atomic E-state index is -4.64. The molecule has 2 fully saturated rings. The minimum Gasteiger partial charge on any atom is -0.365 e. The number of nitrogens with zero attached hydrogens (tertiary/aromatic N) is 3. The van der Waals surface area contributed by atoms with Crippen LogP contribution in [0.1, 0.15) is 70.3 Å². The van der Waals surface area contributed by atoms with Gasteiger partial charge in [0.2, 0.25) is 0 Å². The lowest BCUT2D eigenvalue weighted by Crippen LogP contribution is -2.58. The molecule has 2 amide bonds. The van der Waals surface area contributed by atoms with Gasteiger partial charge in [-0.15, -0.1) is 0 Å². The molecule has 2 heterocycles. The van der Waals surface area contributed by atoms with Gasteiger partial charge in [-0.1, -0.05) is 25.7 Å². The van der Waals surface area contributed by atoms with Crippen molar-refractivity contribution in [3.8, 4) is 0 Å². The van der Waals surface area contributed by atoms with Gasteiger partial charge >= 0.3 is 12.2 Å². The molecule has 1 aliphatic heterocycles. The van der Waals surface area contributed by atoms with Crippen LogP contribution in [0.25, 0.3) is 11.0 Å². The molecule has 16 heteroatoms. The maximum atomic E-state index is 14.4. The summed E-state index contributed by atoms with van der Waals surface area (Å²) in [4.78, 5) is 18.9. The van der Waals surface area contributed by atoms with Gasteiger partial charge in [0, 0.05) is 20.6 Å². The number of alkyl halides is 5. The number of aromatic nitrogens is 2. The van der Waals surface area contributed by atoms with E-state index in [1.54, 1.807) is 36.6 Å². The molecule has 2 aromatic rings. The average Bonchev–Trinajstić information content (AvgIpc) is 3.70. The summed E-state index contributed by atoms with van der Waals surface area (Å²) in [5, 5.41) is 8.10. The molecule has 1 saturated carbocycles. The van der Waals surface area contributed by atoms with Crippen molar-refractivity contribution in [2.24, 2.45) is 11.1 Å². The first-order valence-corrected chi connectivity index (χ1v) is 20.8. The number of benzene rings is 1. The number of amides is 2. The fourth-order valence-electron chi connectivity index (χ4n) is 5.65. The fraction of sp³-hybridized carbons (Fsp3) is 0.742. The summed E-state index contributed by atoms with van der Waals surface area (Å²) < 4.78 is 95.2. The van der Waals surface area contributed by atoms with E-state index in [1.165, 1.54) is 4.90 Å². The predicted octanol–water partition coefficient (Wildman–Crippen LogP) is 6.69. The maximum absolute atomic E-state index is 14.4. The van der Waals surface area contributed by atoms with Gasteiger partial charge in [-0.3, -0.25) is 5.14 Å². The van der Waals surface area contributed by atoms with E-state index in [9.17, 15) is 31.0 Å². The lowest BCUT2D eigenvalue weighted by atomic mass is 9.95. The Morgan fingerprint density at radius 2 is 1.83 bits per heavy atom. The number of nitrogens with one attached hydrogen (secondary N) is 1. The topological polar surface area (TPSA) is 112 Å². The van der Waals surface area contributed by atoms with Gasteiger partial charge in [-0.25, -0.2) is 22.8 Å². The Balaban J connectivity index is 1.79. The Hall–Kier alpha value is -2.14. The third-order valence-electron chi connectivity index (χ3n) is 8.90. The number of rotatable bonds is 15. The summed E-state index contributed by atoms with van der Waals surface area (Å²) in [5.74, 6) is -3.49. The Kier molecular flexibility index (Phi) is 10.9. The van der Waals surface area contributed by atoms with Crippen LogP contribution in [0.3, 0.4) is 0 Å². The van der Waals surface area contributed by atoms with Crippen molar-refractivity contribution in [2.45, 2.75) is 114 Å². The first kappa shape index (κ1) is 37.7. The molecule has 1 aliphatic carbocycles. The predicted molar refractivity (Wildman–Crippen MR) is 174 cm³/mol. The molecule has 0 radical (unpaired) electrons. The number of urea groups is 1. The number of carbonyl (C=O) groups is 1. The Bertz CT molecular complexity index is 1460. The van der Waals surface area contributed by atoms with Crippen LogP contribution in [0, 0.1) is 5.92 Å². The molecule has 1 saturated heterocycles. The van der Waals surface area contributed by atoms with Gasteiger partial charge in [-0.2, -0.15) is 13.2 Å². The lowest BCUT2D eigenvalue weighted by Gasteiger charge is -2.38. The van der Waals surface area contributed by atoms with Gasteiger partial charge in [0.1, 0.15) is 12.6 Å². The van der Waals surface area contributed by atoms with E-state index in [4.69, 9.17) is 19.6 Å². The van der Waals surface area contributed by atoms with Crippen molar-refractivity contribution in [2.75, 3.05) is 26.3 Å². The van der Waals surface area contributed by atoms with E-state index in [-0.39, 0.29) is 19.1 Å². The molecule has 2 aliphatic rings. The Morgan fingerprint density at radius 1 is 1.17 bits per heavy atom. The molecule has 4 rings (SSSR count). The first-order valence-electron chi connectivity index (χ1n) is 15.9. The number of carbonyl (C=O) groups excluding carboxylic acids is 1. The monoisotopic (exact) mass is 709 g/mol. The van der Waals surface area contributed by atoms with Gasteiger partial charge in [0.15, 0.2) is 5.60 Å². The summed E-state index contributed by atoms with van der Waals surface area (Å²) >= 11 is 0.